The third-order valence-corrected chi connectivity index (χ3v) is 5.52. The molecule has 0 spiro atoms. The van der Waals surface area contributed by atoms with E-state index in [1.165, 1.54) is 0 Å². The summed E-state index contributed by atoms with van der Waals surface area (Å²) < 4.78 is 5.19. The van der Waals surface area contributed by atoms with Gasteiger partial charge in [-0.1, -0.05) is 34.8 Å². The van der Waals surface area contributed by atoms with Crippen LogP contribution in [0, 0.1) is 0 Å². The van der Waals surface area contributed by atoms with Crippen LogP contribution in [0.15, 0.2) is 11.8 Å². The molecule has 10 heteroatoms. The highest BCUT2D eigenvalue weighted by molar-refractivity contribution is 6.63. The van der Waals surface area contributed by atoms with Crippen LogP contribution in [-0.4, -0.2) is 67.6 Å². The second-order valence-electron chi connectivity index (χ2n) is 8.87. The fourth-order valence-electron chi connectivity index (χ4n) is 4.36. The number of amides is 3. The van der Waals surface area contributed by atoms with Crippen molar-refractivity contribution < 1.29 is 19.1 Å². The molecular weight excluding hydrogens is 453 g/mol. The van der Waals surface area contributed by atoms with E-state index in [0.717, 1.165) is 0 Å². The second-order valence-corrected chi connectivity index (χ2v) is 10.9. The van der Waals surface area contributed by atoms with E-state index < -0.39 is 4.30 Å². The molecule has 0 aromatic rings. The smallest absolute Gasteiger partial charge is 0.250 e. The highest BCUT2D eigenvalue weighted by Crippen LogP contribution is 2.35. The SMILES string of the molecule is C[C@@H]1NC(=O)C[C@@H]1N1C(=O)C[C@H](N2C(=O)C=C(OC(C)(C)C)[C@@H]2C)[C@@H]1C.ClC(Cl)Cl. The Morgan fingerprint density at radius 2 is 1.60 bits per heavy atom. The fraction of sp³-hybridized carbons (Fsp3) is 0.750. The lowest BCUT2D eigenvalue weighted by Gasteiger charge is -2.37. The van der Waals surface area contributed by atoms with E-state index in [4.69, 9.17) is 39.5 Å². The minimum absolute atomic E-state index is 0.000963. The summed E-state index contributed by atoms with van der Waals surface area (Å²) in [6.07, 6.45) is 2.15. The predicted molar refractivity (Wildman–Crippen MR) is 117 cm³/mol. The van der Waals surface area contributed by atoms with Crippen LogP contribution in [-0.2, 0) is 19.1 Å². The number of carbonyl (C=O) groups is 3. The van der Waals surface area contributed by atoms with Crippen LogP contribution in [0.4, 0.5) is 0 Å². The predicted octanol–water partition coefficient (Wildman–Crippen LogP) is 3.17. The molecule has 2 saturated heterocycles. The summed E-state index contributed by atoms with van der Waals surface area (Å²) in [6, 6.07) is -0.789. The first kappa shape index (κ1) is 25.1. The van der Waals surface area contributed by atoms with Gasteiger partial charge in [-0.15, -0.1) is 0 Å². The van der Waals surface area contributed by atoms with Gasteiger partial charge >= 0.3 is 0 Å². The number of likely N-dealkylation sites (tertiary alicyclic amines) is 1. The molecule has 0 saturated carbocycles. The number of nitrogens with one attached hydrogen (secondary N) is 1. The van der Waals surface area contributed by atoms with Crippen LogP contribution in [0.1, 0.15) is 54.4 Å². The third-order valence-electron chi connectivity index (χ3n) is 5.52. The largest absolute Gasteiger partial charge is 0.490 e. The highest BCUT2D eigenvalue weighted by atomic mass is 35.6. The first-order valence-electron chi connectivity index (χ1n) is 9.98. The van der Waals surface area contributed by atoms with Gasteiger partial charge in [0.05, 0.1) is 24.2 Å². The Morgan fingerprint density at radius 3 is 2.07 bits per heavy atom. The average Bonchev–Trinajstić information content (AvgIpc) is 3.12. The van der Waals surface area contributed by atoms with Crippen LogP contribution < -0.4 is 5.32 Å². The van der Waals surface area contributed by atoms with Crippen molar-refractivity contribution in [1.82, 2.24) is 15.1 Å². The molecule has 7 nitrogen and oxygen atoms in total. The Bertz CT molecular complexity index is 720. The highest BCUT2D eigenvalue weighted by Gasteiger charge is 2.50. The van der Waals surface area contributed by atoms with E-state index in [0.29, 0.717) is 12.2 Å². The molecule has 3 amide bonds. The average molecular weight is 483 g/mol. The number of nitrogens with zero attached hydrogens (tertiary/aromatic N) is 2. The zero-order valence-corrected chi connectivity index (χ0v) is 20.4. The van der Waals surface area contributed by atoms with Crippen LogP contribution in [0.3, 0.4) is 0 Å². The van der Waals surface area contributed by atoms with Gasteiger partial charge in [0.15, 0.2) is 4.30 Å². The lowest BCUT2D eigenvalue weighted by Crippen LogP contribution is -2.52. The first-order valence-corrected chi connectivity index (χ1v) is 11.3. The summed E-state index contributed by atoms with van der Waals surface area (Å²) in [5, 5.41) is 2.88. The molecule has 3 rings (SSSR count). The summed E-state index contributed by atoms with van der Waals surface area (Å²) >= 11 is 14.4. The number of hydrogen-bond donors (Lipinski definition) is 1. The third kappa shape index (κ3) is 5.74. The Balaban J connectivity index is 0.000000735. The molecule has 2 fully saturated rings. The molecule has 30 heavy (non-hydrogen) atoms. The second kappa shape index (κ2) is 9.53. The zero-order chi connectivity index (χ0) is 23.0. The fourth-order valence-corrected chi connectivity index (χ4v) is 4.36. The standard InChI is InChI=1S/C19H29N3O4.CHCl3/c1-10-13(7-16(23)20-10)21-11(2)14(8-17(21)24)22-12(3)15(9-18(22)25)26-19(4,5)6;2-1(3)4/h9-14H,7-8H2,1-6H3,(H,20,23);1H/t10-,11-,12-,13-,14-;/m0./s1. The Labute approximate surface area is 193 Å². The molecular formula is C20H30Cl3N3O4. The summed E-state index contributed by atoms with van der Waals surface area (Å²) in [6.45, 7) is 11.7. The van der Waals surface area contributed by atoms with Crippen molar-refractivity contribution in [2.75, 3.05) is 0 Å². The summed E-state index contributed by atoms with van der Waals surface area (Å²) in [5.41, 5.74) is -0.384. The molecule has 3 aliphatic rings. The molecule has 0 unspecified atom stereocenters. The molecule has 0 aliphatic carbocycles. The minimum atomic E-state index is -0.750. The molecule has 1 N–H and O–H groups in total. The van der Waals surface area contributed by atoms with Crippen LogP contribution in [0.25, 0.3) is 0 Å². The van der Waals surface area contributed by atoms with Crippen LogP contribution in [0.2, 0.25) is 0 Å². The number of halogens is 3. The first-order chi connectivity index (χ1) is 13.7. The minimum Gasteiger partial charge on any atom is -0.490 e. The topological polar surface area (TPSA) is 79.0 Å². The van der Waals surface area contributed by atoms with Crippen molar-refractivity contribution in [3.05, 3.63) is 11.8 Å². The van der Waals surface area contributed by atoms with Gasteiger partial charge in [-0.25, -0.2) is 0 Å². The molecule has 0 bridgehead atoms. The normalized spacial score (nSPS) is 31.7. The molecule has 0 aromatic carbocycles. The van der Waals surface area contributed by atoms with Gasteiger partial charge in [-0.3, -0.25) is 14.4 Å². The van der Waals surface area contributed by atoms with E-state index in [1.807, 2.05) is 41.5 Å². The summed E-state index contributed by atoms with van der Waals surface area (Å²) in [4.78, 5) is 40.6. The van der Waals surface area contributed by atoms with Crippen molar-refractivity contribution in [3.8, 4) is 0 Å². The molecule has 3 aliphatic heterocycles. The zero-order valence-electron chi connectivity index (χ0n) is 18.1. The Hall–Kier alpha value is -1.18. The Morgan fingerprint density at radius 1 is 1.03 bits per heavy atom. The molecule has 0 radical (unpaired) electrons. The van der Waals surface area contributed by atoms with E-state index >= 15 is 0 Å². The lowest BCUT2D eigenvalue weighted by molar-refractivity contribution is -0.131. The maximum Gasteiger partial charge on any atom is 0.250 e. The molecule has 0 aromatic heterocycles. The van der Waals surface area contributed by atoms with Crippen molar-refractivity contribution >= 4 is 52.5 Å². The van der Waals surface area contributed by atoms with E-state index in [1.54, 1.807) is 15.9 Å². The van der Waals surface area contributed by atoms with Gasteiger partial charge in [-0.05, 0) is 41.5 Å². The van der Waals surface area contributed by atoms with Crippen molar-refractivity contribution in [2.24, 2.45) is 0 Å². The van der Waals surface area contributed by atoms with Crippen molar-refractivity contribution in [3.63, 3.8) is 0 Å². The number of ether oxygens (including phenoxy) is 1. The summed E-state index contributed by atoms with van der Waals surface area (Å²) in [5.74, 6) is 0.503. The summed E-state index contributed by atoms with van der Waals surface area (Å²) in [7, 11) is 0. The van der Waals surface area contributed by atoms with E-state index in [-0.39, 0.29) is 60.0 Å². The van der Waals surface area contributed by atoms with Gasteiger partial charge in [0.25, 0.3) is 5.91 Å². The molecule has 5 atom stereocenters. The van der Waals surface area contributed by atoms with Crippen molar-refractivity contribution in [2.45, 2.75) is 94.5 Å². The molecule has 3 heterocycles. The quantitative estimate of drug-likeness (QED) is 0.627. The number of rotatable bonds is 3. The van der Waals surface area contributed by atoms with Gasteiger partial charge in [0, 0.05) is 25.0 Å². The van der Waals surface area contributed by atoms with Crippen LogP contribution >= 0.6 is 34.8 Å². The lowest BCUT2D eigenvalue weighted by atomic mass is 10.0. The van der Waals surface area contributed by atoms with Crippen molar-refractivity contribution in [1.29, 1.82) is 0 Å². The maximum atomic E-state index is 12.7. The van der Waals surface area contributed by atoms with E-state index in [9.17, 15) is 14.4 Å². The number of carbonyl (C=O) groups excluding carboxylic acids is 3. The van der Waals surface area contributed by atoms with Gasteiger partial charge in [-0.2, -0.15) is 0 Å². The monoisotopic (exact) mass is 481 g/mol. The van der Waals surface area contributed by atoms with E-state index in [2.05, 4.69) is 5.32 Å². The van der Waals surface area contributed by atoms with Gasteiger partial charge in [0.1, 0.15) is 11.4 Å². The van der Waals surface area contributed by atoms with Crippen LogP contribution in [0.5, 0.6) is 0 Å². The maximum absolute atomic E-state index is 12.7. The molecule has 170 valence electrons. The number of alkyl halides is 3. The van der Waals surface area contributed by atoms with Gasteiger partial charge in [0.2, 0.25) is 11.8 Å². The Kier molecular flexibility index (Phi) is 7.97. The van der Waals surface area contributed by atoms with Gasteiger partial charge < -0.3 is 19.9 Å². The number of hydrogen-bond acceptors (Lipinski definition) is 4.